The lowest BCUT2D eigenvalue weighted by molar-refractivity contribution is -0.116. The number of nitrogens with two attached hydrogens (primary N) is 1. The zero-order chi connectivity index (χ0) is 18.3. The SMILES string of the molecule is CCCS(=O)(=O)Nc1cccc(NC(=O)CC(N)c2ccccc2)c1. The van der Waals surface area contributed by atoms with Gasteiger partial charge in [0.2, 0.25) is 15.9 Å². The molecule has 0 fully saturated rings. The first-order valence-corrected chi connectivity index (χ1v) is 9.76. The summed E-state index contributed by atoms with van der Waals surface area (Å²) in [6.07, 6.45) is 0.666. The van der Waals surface area contributed by atoms with E-state index in [1.807, 2.05) is 30.3 Å². The summed E-state index contributed by atoms with van der Waals surface area (Å²) in [6, 6.07) is 15.6. The van der Waals surface area contributed by atoms with Gasteiger partial charge in [0.25, 0.3) is 0 Å². The summed E-state index contributed by atoms with van der Waals surface area (Å²) in [5, 5.41) is 2.75. The number of hydrogen-bond acceptors (Lipinski definition) is 4. The minimum atomic E-state index is -3.37. The lowest BCUT2D eigenvalue weighted by Gasteiger charge is -2.13. The van der Waals surface area contributed by atoms with Crippen LogP contribution in [0.1, 0.15) is 31.4 Å². The normalized spacial score (nSPS) is 12.4. The number of anilines is 2. The average Bonchev–Trinajstić information content (AvgIpc) is 2.55. The molecule has 7 heteroatoms. The van der Waals surface area contributed by atoms with E-state index >= 15 is 0 Å². The van der Waals surface area contributed by atoms with Crippen molar-refractivity contribution in [3.05, 3.63) is 60.2 Å². The van der Waals surface area contributed by atoms with Gasteiger partial charge in [-0.2, -0.15) is 0 Å². The van der Waals surface area contributed by atoms with Gasteiger partial charge in [-0.3, -0.25) is 9.52 Å². The van der Waals surface area contributed by atoms with Gasteiger partial charge in [-0.25, -0.2) is 8.42 Å². The smallest absolute Gasteiger partial charge is 0.232 e. The van der Waals surface area contributed by atoms with Crippen molar-refractivity contribution in [1.82, 2.24) is 0 Å². The summed E-state index contributed by atoms with van der Waals surface area (Å²) in [5.74, 6) is -0.180. The summed E-state index contributed by atoms with van der Waals surface area (Å²) in [6.45, 7) is 1.80. The van der Waals surface area contributed by atoms with Crippen molar-refractivity contribution in [2.75, 3.05) is 15.8 Å². The van der Waals surface area contributed by atoms with E-state index in [4.69, 9.17) is 5.73 Å². The van der Waals surface area contributed by atoms with Crippen LogP contribution in [0.25, 0.3) is 0 Å². The molecule has 0 saturated carbocycles. The van der Waals surface area contributed by atoms with Crippen molar-refractivity contribution in [3.8, 4) is 0 Å². The molecule has 0 aliphatic carbocycles. The van der Waals surface area contributed by atoms with Gasteiger partial charge in [-0.05, 0) is 30.2 Å². The maximum absolute atomic E-state index is 12.2. The fourth-order valence-electron chi connectivity index (χ4n) is 2.39. The Hall–Kier alpha value is -2.38. The minimum absolute atomic E-state index is 0.0511. The molecule has 1 amide bonds. The van der Waals surface area contributed by atoms with E-state index in [-0.39, 0.29) is 18.1 Å². The van der Waals surface area contributed by atoms with Gasteiger partial charge >= 0.3 is 0 Å². The maximum Gasteiger partial charge on any atom is 0.232 e. The highest BCUT2D eigenvalue weighted by molar-refractivity contribution is 7.92. The van der Waals surface area contributed by atoms with Crippen molar-refractivity contribution >= 4 is 27.3 Å². The third-order valence-corrected chi connectivity index (χ3v) is 5.02. The fraction of sp³-hybridized carbons (Fsp3) is 0.278. The second-order valence-corrected chi connectivity index (χ2v) is 7.61. The van der Waals surface area contributed by atoms with E-state index in [2.05, 4.69) is 10.0 Å². The minimum Gasteiger partial charge on any atom is -0.326 e. The topological polar surface area (TPSA) is 101 Å². The monoisotopic (exact) mass is 361 g/mol. The molecule has 4 N–H and O–H groups in total. The third kappa shape index (κ3) is 6.21. The van der Waals surface area contributed by atoms with Crippen molar-refractivity contribution in [2.24, 2.45) is 5.73 Å². The van der Waals surface area contributed by atoms with Gasteiger partial charge in [0.05, 0.1) is 11.4 Å². The number of nitrogens with one attached hydrogen (secondary N) is 2. The van der Waals surface area contributed by atoms with Crippen LogP contribution >= 0.6 is 0 Å². The molecule has 2 rings (SSSR count). The highest BCUT2D eigenvalue weighted by Crippen LogP contribution is 2.19. The van der Waals surface area contributed by atoms with Gasteiger partial charge in [0, 0.05) is 18.2 Å². The second-order valence-electron chi connectivity index (χ2n) is 5.77. The predicted octanol–water partition coefficient (Wildman–Crippen LogP) is 2.87. The average molecular weight is 361 g/mol. The summed E-state index contributed by atoms with van der Waals surface area (Å²) < 4.78 is 26.1. The number of carbonyl (C=O) groups is 1. The standard InChI is InChI=1S/C18H23N3O3S/c1-2-11-25(23,24)21-16-10-6-9-15(12-16)20-18(22)13-17(19)14-7-4-3-5-8-14/h3-10,12,17,21H,2,11,13,19H2,1H3,(H,20,22). The molecule has 2 aromatic rings. The fourth-order valence-corrected chi connectivity index (χ4v) is 3.52. The highest BCUT2D eigenvalue weighted by atomic mass is 32.2. The molecule has 1 atom stereocenters. The lowest BCUT2D eigenvalue weighted by Crippen LogP contribution is -2.20. The summed E-state index contributed by atoms with van der Waals surface area (Å²) in [7, 11) is -3.37. The van der Waals surface area contributed by atoms with E-state index < -0.39 is 16.1 Å². The molecule has 0 aliphatic heterocycles. The molecule has 0 heterocycles. The molecule has 25 heavy (non-hydrogen) atoms. The van der Waals surface area contributed by atoms with Crippen LogP contribution < -0.4 is 15.8 Å². The van der Waals surface area contributed by atoms with Crippen LogP contribution in [-0.2, 0) is 14.8 Å². The second kappa shape index (κ2) is 8.64. The highest BCUT2D eigenvalue weighted by Gasteiger charge is 2.13. The Morgan fingerprint density at radius 2 is 1.76 bits per heavy atom. The zero-order valence-electron chi connectivity index (χ0n) is 14.1. The van der Waals surface area contributed by atoms with E-state index in [1.54, 1.807) is 31.2 Å². The molecule has 0 bridgehead atoms. The van der Waals surface area contributed by atoms with Gasteiger partial charge in [0.15, 0.2) is 0 Å². The molecule has 0 aliphatic rings. The third-order valence-electron chi connectivity index (χ3n) is 3.53. The number of amides is 1. The Morgan fingerprint density at radius 1 is 1.08 bits per heavy atom. The number of carbonyl (C=O) groups excluding carboxylic acids is 1. The summed E-state index contributed by atoms with van der Waals surface area (Å²) in [4.78, 5) is 12.2. The Balaban J connectivity index is 1.98. The van der Waals surface area contributed by atoms with Gasteiger partial charge in [0.1, 0.15) is 0 Å². The first kappa shape index (κ1) is 19.0. The Labute approximate surface area is 148 Å². The Kier molecular flexibility index (Phi) is 6.55. The number of rotatable bonds is 8. The van der Waals surface area contributed by atoms with Crippen LogP contribution in [0.2, 0.25) is 0 Å². The molecule has 0 radical (unpaired) electrons. The molecule has 6 nitrogen and oxygen atoms in total. The summed E-state index contributed by atoms with van der Waals surface area (Å²) >= 11 is 0. The largest absolute Gasteiger partial charge is 0.326 e. The molecule has 2 aromatic carbocycles. The lowest BCUT2D eigenvalue weighted by atomic mass is 10.0. The van der Waals surface area contributed by atoms with Gasteiger partial charge < -0.3 is 11.1 Å². The van der Waals surface area contributed by atoms with Crippen molar-refractivity contribution in [2.45, 2.75) is 25.8 Å². The number of sulfonamides is 1. The van der Waals surface area contributed by atoms with Crippen molar-refractivity contribution in [1.29, 1.82) is 0 Å². The molecular weight excluding hydrogens is 338 g/mol. The number of benzene rings is 2. The summed E-state index contributed by atoms with van der Waals surface area (Å²) in [5.41, 5.74) is 7.86. The molecule has 1 unspecified atom stereocenters. The van der Waals surface area contributed by atoms with Gasteiger partial charge in [-0.15, -0.1) is 0 Å². The maximum atomic E-state index is 12.2. The van der Waals surface area contributed by atoms with Crippen molar-refractivity contribution in [3.63, 3.8) is 0 Å². The Morgan fingerprint density at radius 3 is 2.44 bits per heavy atom. The van der Waals surface area contributed by atoms with Crippen LogP contribution in [0.4, 0.5) is 11.4 Å². The van der Waals surface area contributed by atoms with E-state index in [1.165, 1.54) is 0 Å². The van der Waals surface area contributed by atoms with Crippen LogP contribution in [0, 0.1) is 0 Å². The molecule has 0 aromatic heterocycles. The molecule has 134 valence electrons. The van der Waals surface area contributed by atoms with Crippen LogP contribution in [0.5, 0.6) is 0 Å². The van der Waals surface area contributed by atoms with E-state index in [0.717, 1.165) is 5.56 Å². The molecule has 0 saturated heterocycles. The van der Waals surface area contributed by atoms with Crippen LogP contribution in [-0.4, -0.2) is 20.1 Å². The quantitative estimate of drug-likeness (QED) is 0.673. The molecular formula is C18H23N3O3S. The van der Waals surface area contributed by atoms with Crippen molar-refractivity contribution < 1.29 is 13.2 Å². The predicted molar refractivity (Wildman–Crippen MR) is 101 cm³/mol. The first-order valence-electron chi connectivity index (χ1n) is 8.10. The van der Waals surface area contributed by atoms with E-state index in [0.29, 0.717) is 17.8 Å². The van der Waals surface area contributed by atoms with Gasteiger partial charge in [-0.1, -0.05) is 43.3 Å². The number of hydrogen-bond donors (Lipinski definition) is 3. The van der Waals surface area contributed by atoms with Crippen LogP contribution in [0.15, 0.2) is 54.6 Å². The van der Waals surface area contributed by atoms with Crippen LogP contribution in [0.3, 0.4) is 0 Å². The first-order chi connectivity index (χ1) is 11.9. The Bertz CT molecular complexity index is 807. The van der Waals surface area contributed by atoms with E-state index in [9.17, 15) is 13.2 Å². The molecule has 0 spiro atoms. The zero-order valence-corrected chi connectivity index (χ0v) is 14.9.